The van der Waals surface area contributed by atoms with Crippen LogP contribution < -0.4 is 15.8 Å². The van der Waals surface area contributed by atoms with Gasteiger partial charge in [0.25, 0.3) is 0 Å². The molecule has 23 heavy (non-hydrogen) atoms. The van der Waals surface area contributed by atoms with Gasteiger partial charge in [-0.25, -0.2) is 0 Å². The van der Waals surface area contributed by atoms with Crippen molar-refractivity contribution in [1.82, 2.24) is 5.32 Å². The first kappa shape index (κ1) is 17.3. The first-order valence-electron chi connectivity index (χ1n) is 7.50. The Hall–Kier alpha value is -2.04. The van der Waals surface area contributed by atoms with Gasteiger partial charge in [0.05, 0.1) is 0 Å². The van der Waals surface area contributed by atoms with Crippen LogP contribution in [0.15, 0.2) is 48.5 Å². The van der Waals surface area contributed by atoms with E-state index < -0.39 is 0 Å². The van der Waals surface area contributed by atoms with Gasteiger partial charge in [-0.3, -0.25) is 4.79 Å². The van der Waals surface area contributed by atoms with Crippen LogP contribution in [0.4, 0.5) is 0 Å². The highest BCUT2D eigenvalue weighted by molar-refractivity contribution is 6.31. The number of benzene rings is 2. The van der Waals surface area contributed by atoms with E-state index in [1.54, 1.807) is 7.05 Å². The van der Waals surface area contributed by atoms with E-state index in [2.05, 4.69) is 5.32 Å². The molecule has 0 aromatic heterocycles. The number of carbonyl (C=O) groups excluding carboxylic acids is 1. The zero-order chi connectivity index (χ0) is 16.7. The van der Waals surface area contributed by atoms with Gasteiger partial charge in [0.1, 0.15) is 12.4 Å². The predicted molar refractivity (Wildman–Crippen MR) is 92.6 cm³/mol. The number of amides is 1. The van der Waals surface area contributed by atoms with E-state index in [-0.39, 0.29) is 11.9 Å². The molecule has 2 rings (SSSR count). The molecule has 1 atom stereocenters. The summed E-state index contributed by atoms with van der Waals surface area (Å²) in [7, 11) is 1.61. The maximum absolute atomic E-state index is 11.3. The third-order valence-corrected chi connectivity index (χ3v) is 3.87. The van der Waals surface area contributed by atoms with Gasteiger partial charge in [-0.05, 0) is 30.2 Å². The lowest BCUT2D eigenvalue weighted by molar-refractivity contribution is -0.120. The van der Waals surface area contributed by atoms with Crippen molar-refractivity contribution >= 4 is 17.5 Å². The average molecular weight is 333 g/mol. The molecular formula is C18H21ClN2O2. The molecule has 2 aromatic rings. The Bertz CT molecular complexity index is 644. The highest BCUT2D eigenvalue weighted by Gasteiger charge is 2.09. The number of ether oxygens (including phenoxy) is 1. The van der Waals surface area contributed by atoms with Gasteiger partial charge >= 0.3 is 0 Å². The fourth-order valence-electron chi connectivity index (χ4n) is 2.21. The molecule has 0 fully saturated rings. The normalized spacial score (nSPS) is 11.8. The Kier molecular flexibility index (Phi) is 6.44. The Morgan fingerprint density at radius 1 is 1.22 bits per heavy atom. The minimum absolute atomic E-state index is 0.0443. The van der Waals surface area contributed by atoms with E-state index in [0.29, 0.717) is 24.5 Å². The zero-order valence-corrected chi connectivity index (χ0v) is 13.8. The molecule has 0 aliphatic carbocycles. The van der Waals surface area contributed by atoms with Crippen LogP contribution in [-0.4, -0.2) is 19.0 Å². The summed E-state index contributed by atoms with van der Waals surface area (Å²) in [4.78, 5) is 11.3. The lowest BCUT2D eigenvalue weighted by atomic mass is 10.0. The molecule has 3 N–H and O–H groups in total. The number of nitrogens with one attached hydrogen (secondary N) is 1. The Balaban J connectivity index is 1.87. The van der Waals surface area contributed by atoms with Crippen LogP contribution in [0.2, 0.25) is 5.02 Å². The molecule has 2 aromatic carbocycles. The molecule has 0 spiro atoms. The summed E-state index contributed by atoms with van der Waals surface area (Å²) >= 11 is 6.10. The van der Waals surface area contributed by atoms with E-state index in [4.69, 9.17) is 22.1 Å². The van der Waals surface area contributed by atoms with Crippen LogP contribution in [0.3, 0.4) is 0 Å². The topological polar surface area (TPSA) is 64.4 Å². The van der Waals surface area contributed by atoms with E-state index in [0.717, 1.165) is 16.9 Å². The van der Waals surface area contributed by atoms with Crippen LogP contribution >= 0.6 is 11.6 Å². The number of halogens is 1. The van der Waals surface area contributed by atoms with Crippen LogP contribution in [0.25, 0.3) is 0 Å². The lowest BCUT2D eigenvalue weighted by Gasteiger charge is -2.12. The third-order valence-electron chi connectivity index (χ3n) is 3.50. The Morgan fingerprint density at radius 3 is 2.57 bits per heavy atom. The van der Waals surface area contributed by atoms with Gasteiger partial charge in [-0.1, -0.05) is 41.9 Å². The van der Waals surface area contributed by atoms with Gasteiger partial charge in [-0.15, -0.1) is 0 Å². The Morgan fingerprint density at radius 2 is 1.91 bits per heavy atom. The fraction of sp³-hybridized carbons (Fsp3) is 0.278. The van der Waals surface area contributed by atoms with Gasteiger partial charge < -0.3 is 15.8 Å². The number of carbonyl (C=O) groups is 1. The monoisotopic (exact) mass is 332 g/mol. The summed E-state index contributed by atoms with van der Waals surface area (Å²) in [6, 6.07) is 15.1. The van der Waals surface area contributed by atoms with Gasteiger partial charge in [-0.2, -0.15) is 0 Å². The molecule has 0 heterocycles. The summed E-state index contributed by atoms with van der Waals surface area (Å²) in [5, 5.41) is 3.28. The van der Waals surface area contributed by atoms with Crippen LogP contribution in [0.1, 0.15) is 17.5 Å². The van der Waals surface area contributed by atoms with Crippen molar-refractivity contribution in [3.63, 3.8) is 0 Å². The van der Waals surface area contributed by atoms with Crippen LogP contribution in [0.5, 0.6) is 5.75 Å². The van der Waals surface area contributed by atoms with Gasteiger partial charge in [0.2, 0.25) is 5.91 Å². The molecule has 4 nitrogen and oxygen atoms in total. The molecular weight excluding hydrogens is 312 g/mol. The predicted octanol–water partition coefficient (Wildman–Crippen LogP) is 2.92. The number of nitrogens with two attached hydrogens (primary N) is 1. The first-order valence-corrected chi connectivity index (χ1v) is 7.87. The van der Waals surface area contributed by atoms with Crippen molar-refractivity contribution in [2.75, 3.05) is 7.05 Å². The molecule has 1 amide bonds. The summed E-state index contributed by atoms with van der Waals surface area (Å²) < 4.78 is 5.74. The highest BCUT2D eigenvalue weighted by atomic mass is 35.5. The molecule has 5 heteroatoms. The smallest absolute Gasteiger partial charge is 0.221 e. The second-order valence-corrected chi connectivity index (χ2v) is 5.77. The number of hydrogen-bond acceptors (Lipinski definition) is 3. The van der Waals surface area contributed by atoms with Crippen molar-refractivity contribution in [3.05, 3.63) is 64.7 Å². The van der Waals surface area contributed by atoms with Crippen molar-refractivity contribution in [1.29, 1.82) is 0 Å². The largest absolute Gasteiger partial charge is 0.489 e. The SMILES string of the molecule is CNC(=O)CC(N)Cc1ccc(OCc2ccccc2Cl)cc1. The molecule has 0 aliphatic heterocycles. The third kappa shape index (κ3) is 5.58. The molecule has 0 saturated carbocycles. The highest BCUT2D eigenvalue weighted by Crippen LogP contribution is 2.19. The van der Waals surface area contributed by atoms with Crippen molar-refractivity contribution in [2.45, 2.75) is 25.5 Å². The maximum Gasteiger partial charge on any atom is 0.221 e. The molecule has 122 valence electrons. The van der Waals surface area contributed by atoms with E-state index >= 15 is 0 Å². The second kappa shape index (κ2) is 8.56. The molecule has 0 bridgehead atoms. The van der Waals surface area contributed by atoms with Gasteiger partial charge in [0, 0.05) is 30.1 Å². The molecule has 0 saturated heterocycles. The zero-order valence-electron chi connectivity index (χ0n) is 13.1. The quantitative estimate of drug-likeness (QED) is 0.819. The van der Waals surface area contributed by atoms with Crippen molar-refractivity contribution in [2.24, 2.45) is 5.73 Å². The average Bonchev–Trinajstić information content (AvgIpc) is 2.55. The van der Waals surface area contributed by atoms with E-state index in [1.807, 2.05) is 48.5 Å². The van der Waals surface area contributed by atoms with Crippen molar-refractivity contribution in [3.8, 4) is 5.75 Å². The fourth-order valence-corrected chi connectivity index (χ4v) is 2.40. The van der Waals surface area contributed by atoms with Crippen LogP contribution in [0, 0.1) is 0 Å². The number of rotatable bonds is 7. The van der Waals surface area contributed by atoms with Gasteiger partial charge in [0.15, 0.2) is 0 Å². The Labute approximate surface area is 141 Å². The second-order valence-electron chi connectivity index (χ2n) is 5.37. The molecule has 0 radical (unpaired) electrons. The van der Waals surface area contributed by atoms with E-state index in [1.165, 1.54) is 0 Å². The maximum atomic E-state index is 11.3. The van der Waals surface area contributed by atoms with E-state index in [9.17, 15) is 4.79 Å². The molecule has 1 unspecified atom stereocenters. The summed E-state index contributed by atoms with van der Waals surface area (Å²) in [6.45, 7) is 0.426. The number of hydrogen-bond donors (Lipinski definition) is 2. The summed E-state index contributed by atoms with van der Waals surface area (Å²) in [5.74, 6) is 0.728. The standard InChI is InChI=1S/C18H21ClN2O2/c1-21-18(22)11-15(20)10-13-6-8-16(9-7-13)23-12-14-4-2-3-5-17(14)19/h2-9,15H,10-12,20H2,1H3,(H,21,22). The minimum atomic E-state index is -0.190. The first-order chi connectivity index (χ1) is 11.1. The van der Waals surface area contributed by atoms with Crippen molar-refractivity contribution < 1.29 is 9.53 Å². The summed E-state index contributed by atoms with van der Waals surface area (Å²) in [6.07, 6.45) is 0.972. The molecule has 0 aliphatic rings. The lowest BCUT2D eigenvalue weighted by Crippen LogP contribution is -2.31. The minimum Gasteiger partial charge on any atom is -0.489 e. The summed E-state index contributed by atoms with van der Waals surface area (Å²) in [5.41, 5.74) is 7.99. The van der Waals surface area contributed by atoms with Crippen LogP contribution in [-0.2, 0) is 17.8 Å².